The van der Waals surface area contributed by atoms with E-state index in [1.54, 1.807) is 12.1 Å². The van der Waals surface area contributed by atoms with Gasteiger partial charge >= 0.3 is 0 Å². The van der Waals surface area contributed by atoms with E-state index in [-0.39, 0.29) is 41.2 Å². The van der Waals surface area contributed by atoms with Crippen molar-refractivity contribution in [1.29, 1.82) is 0 Å². The number of nitrogens with one attached hydrogen (secondary N) is 1. The van der Waals surface area contributed by atoms with Crippen LogP contribution >= 0.6 is 23.4 Å². The van der Waals surface area contributed by atoms with E-state index in [0.29, 0.717) is 11.3 Å². The standard InChI is InChI=1S/C22H20ClN3O6S/c1-2-14-3-6-16(7-4-14)32-13-20(27)24-9-10-25-21(28)19(33-22(25)29)12-15-5-8-17(23)18(11-15)26(30)31/h3-8,11-12H,2,9-10,13H2,1H3,(H,24,27)/b19-12-. The van der Waals surface area contributed by atoms with Crippen LogP contribution in [0.1, 0.15) is 18.1 Å². The molecule has 3 rings (SSSR count). The van der Waals surface area contributed by atoms with Crippen LogP contribution in [0.2, 0.25) is 5.02 Å². The van der Waals surface area contributed by atoms with Gasteiger partial charge < -0.3 is 10.1 Å². The molecule has 0 atom stereocenters. The lowest BCUT2D eigenvalue weighted by Crippen LogP contribution is -2.38. The SMILES string of the molecule is CCc1ccc(OCC(=O)NCCN2C(=O)S/C(=C\c3ccc(Cl)c([N+](=O)[O-])c3)C2=O)cc1. The minimum Gasteiger partial charge on any atom is -0.484 e. The average Bonchev–Trinajstić information content (AvgIpc) is 3.06. The van der Waals surface area contributed by atoms with E-state index in [0.717, 1.165) is 28.6 Å². The van der Waals surface area contributed by atoms with Crippen molar-refractivity contribution in [2.45, 2.75) is 13.3 Å². The van der Waals surface area contributed by atoms with Gasteiger partial charge in [0, 0.05) is 19.2 Å². The number of imide groups is 1. The fraction of sp³-hybridized carbons (Fsp3) is 0.227. The normalized spacial score (nSPS) is 14.6. The second kappa shape index (κ2) is 11.0. The van der Waals surface area contributed by atoms with Gasteiger partial charge in [0.2, 0.25) is 0 Å². The van der Waals surface area contributed by atoms with Crippen molar-refractivity contribution in [2.75, 3.05) is 19.7 Å². The van der Waals surface area contributed by atoms with Gasteiger partial charge in [-0.25, -0.2) is 0 Å². The Bertz CT molecular complexity index is 1120. The number of amides is 3. The summed E-state index contributed by atoms with van der Waals surface area (Å²) in [5, 5.41) is 13.1. The van der Waals surface area contributed by atoms with Gasteiger partial charge in [0.15, 0.2) is 6.61 Å². The highest BCUT2D eigenvalue weighted by Crippen LogP contribution is 2.33. The molecule has 3 amide bonds. The number of nitro groups is 1. The zero-order valence-electron chi connectivity index (χ0n) is 17.6. The number of hydrogen-bond donors (Lipinski definition) is 1. The Morgan fingerprint density at radius 2 is 1.97 bits per heavy atom. The summed E-state index contributed by atoms with van der Waals surface area (Å²) in [6.07, 6.45) is 2.30. The minimum atomic E-state index is -0.627. The summed E-state index contributed by atoms with van der Waals surface area (Å²) >= 11 is 6.52. The number of benzene rings is 2. The predicted octanol–water partition coefficient (Wildman–Crippen LogP) is 4.04. The third-order valence-electron chi connectivity index (χ3n) is 4.70. The molecule has 1 heterocycles. The number of carbonyl (C=O) groups excluding carboxylic acids is 3. The maximum absolute atomic E-state index is 12.6. The number of rotatable bonds is 9. The molecule has 0 unspecified atom stereocenters. The molecule has 0 spiro atoms. The summed E-state index contributed by atoms with van der Waals surface area (Å²) in [6, 6.07) is 11.5. The molecule has 0 saturated carbocycles. The van der Waals surface area contributed by atoms with Gasteiger partial charge in [-0.05, 0) is 53.6 Å². The van der Waals surface area contributed by atoms with Crippen LogP contribution in [-0.4, -0.2) is 46.6 Å². The van der Waals surface area contributed by atoms with Crippen LogP contribution in [0.4, 0.5) is 10.5 Å². The number of nitro benzene ring substituents is 1. The number of thioether (sulfide) groups is 1. The van der Waals surface area contributed by atoms with Crippen LogP contribution in [0, 0.1) is 10.1 Å². The second-order valence-corrected chi connectivity index (χ2v) is 8.34. The summed E-state index contributed by atoms with van der Waals surface area (Å²) in [7, 11) is 0. The molecule has 1 saturated heterocycles. The van der Waals surface area contributed by atoms with Crippen molar-refractivity contribution in [3.05, 3.63) is 73.6 Å². The zero-order chi connectivity index (χ0) is 24.0. The first-order valence-electron chi connectivity index (χ1n) is 9.96. The van der Waals surface area contributed by atoms with Gasteiger partial charge in [0.05, 0.1) is 9.83 Å². The average molecular weight is 490 g/mol. The highest BCUT2D eigenvalue weighted by Gasteiger charge is 2.34. The first-order chi connectivity index (χ1) is 15.8. The van der Waals surface area contributed by atoms with E-state index >= 15 is 0 Å². The Morgan fingerprint density at radius 3 is 2.64 bits per heavy atom. The molecular weight excluding hydrogens is 470 g/mol. The van der Waals surface area contributed by atoms with Gasteiger partial charge in [0.1, 0.15) is 10.8 Å². The highest BCUT2D eigenvalue weighted by atomic mass is 35.5. The summed E-state index contributed by atoms with van der Waals surface area (Å²) in [5.41, 5.74) is 1.23. The molecule has 1 N–H and O–H groups in total. The topological polar surface area (TPSA) is 119 Å². The van der Waals surface area contributed by atoms with E-state index in [1.807, 2.05) is 19.1 Å². The molecule has 0 radical (unpaired) electrons. The summed E-state index contributed by atoms with van der Waals surface area (Å²) < 4.78 is 5.42. The molecule has 1 aliphatic heterocycles. The molecule has 2 aromatic carbocycles. The number of halogens is 1. The van der Waals surface area contributed by atoms with Crippen molar-refractivity contribution in [2.24, 2.45) is 0 Å². The Morgan fingerprint density at radius 1 is 1.24 bits per heavy atom. The number of ether oxygens (including phenoxy) is 1. The van der Waals surface area contributed by atoms with Gasteiger partial charge in [0.25, 0.3) is 22.7 Å². The summed E-state index contributed by atoms with van der Waals surface area (Å²) in [5.74, 6) is -0.351. The molecule has 1 fully saturated rings. The van der Waals surface area contributed by atoms with Crippen molar-refractivity contribution in [3.63, 3.8) is 0 Å². The summed E-state index contributed by atoms with van der Waals surface area (Å²) in [4.78, 5) is 48.3. The molecule has 33 heavy (non-hydrogen) atoms. The highest BCUT2D eigenvalue weighted by molar-refractivity contribution is 8.18. The van der Waals surface area contributed by atoms with E-state index in [4.69, 9.17) is 16.3 Å². The van der Waals surface area contributed by atoms with Gasteiger partial charge in [-0.2, -0.15) is 0 Å². The molecule has 0 aromatic heterocycles. The summed E-state index contributed by atoms with van der Waals surface area (Å²) in [6.45, 7) is 1.90. The van der Waals surface area contributed by atoms with Crippen LogP contribution in [0.15, 0.2) is 47.4 Å². The maximum Gasteiger partial charge on any atom is 0.293 e. The Labute approximate surface area is 198 Å². The van der Waals surface area contributed by atoms with Crippen LogP contribution in [0.3, 0.4) is 0 Å². The second-order valence-electron chi connectivity index (χ2n) is 6.94. The van der Waals surface area contributed by atoms with E-state index in [9.17, 15) is 24.5 Å². The van der Waals surface area contributed by atoms with Gasteiger partial charge in [-0.1, -0.05) is 36.7 Å². The van der Waals surface area contributed by atoms with Crippen molar-refractivity contribution >= 4 is 52.2 Å². The predicted molar refractivity (Wildman–Crippen MR) is 125 cm³/mol. The van der Waals surface area contributed by atoms with Crippen LogP contribution in [0.5, 0.6) is 5.75 Å². The smallest absolute Gasteiger partial charge is 0.293 e. The van der Waals surface area contributed by atoms with Crippen LogP contribution in [0.25, 0.3) is 6.08 Å². The molecule has 1 aliphatic rings. The Hall–Kier alpha value is -3.37. The Kier molecular flexibility index (Phi) is 8.07. The first-order valence-corrected chi connectivity index (χ1v) is 11.2. The number of nitrogens with zero attached hydrogens (tertiary/aromatic N) is 2. The Balaban J connectivity index is 1.51. The monoisotopic (exact) mass is 489 g/mol. The van der Waals surface area contributed by atoms with E-state index in [2.05, 4.69) is 5.32 Å². The third kappa shape index (κ3) is 6.33. The fourth-order valence-corrected chi connectivity index (χ4v) is 3.98. The van der Waals surface area contributed by atoms with Crippen molar-refractivity contribution in [1.82, 2.24) is 10.2 Å². The van der Waals surface area contributed by atoms with Crippen molar-refractivity contribution in [3.8, 4) is 5.75 Å². The van der Waals surface area contributed by atoms with Gasteiger partial charge in [-0.15, -0.1) is 0 Å². The van der Waals surface area contributed by atoms with E-state index < -0.39 is 16.1 Å². The fourth-order valence-electron chi connectivity index (χ4n) is 2.93. The maximum atomic E-state index is 12.6. The lowest BCUT2D eigenvalue weighted by atomic mass is 10.2. The first kappa shape index (κ1) is 24.3. The zero-order valence-corrected chi connectivity index (χ0v) is 19.1. The molecular formula is C22H20ClN3O6S. The number of aryl methyl sites for hydroxylation is 1. The minimum absolute atomic E-state index is 0.0142. The molecule has 172 valence electrons. The third-order valence-corrected chi connectivity index (χ3v) is 5.92. The molecule has 0 bridgehead atoms. The lowest BCUT2D eigenvalue weighted by molar-refractivity contribution is -0.384. The molecule has 2 aromatic rings. The molecule has 9 nitrogen and oxygen atoms in total. The lowest BCUT2D eigenvalue weighted by Gasteiger charge is -2.13. The van der Waals surface area contributed by atoms with Crippen molar-refractivity contribution < 1.29 is 24.0 Å². The van der Waals surface area contributed by atoms with Gasteiger partial charge in [-0.3, -0.25) is 29.4 Å². The van der Waals surface area contributed by atoms with Crippen LogP contribution < -0.4 is 10.1 Å². The molecule has 0 aliphatic carbocycles. The number of hydrogen-bond acceptors (Lipinski definition) is 7. The molecule has 11 heteroatoms. The largest absolute Gasteiger partial charge is 0.484 e. The van der Waals surface area contributed by atoms with E-state index in [1.165, 1.54) is 24.3 Å². The quantitative estimate of drug-likeness (QED) is 0.320. The van der Waals surface area contributed by atoms with Crippen LogP contribution in [-0.2, 0) is 16.0 Å². The number of carbonyl (C=O) groups is 3.